The van der Waals surface area contributed by atoms with Gasteiger partial charge in [-0.25, -0.2) is 9.59 Å². The number of hydrogen-bond donors (Lipinski definition) is 3. The molecule has 65 heavy (non-hydrogen) atoms. The van der Waals surface area contributed by atoms with Crippen LogP contribution in [0.2, 0.25) is 0 Å². The van der Waals surface area contributed by atoms with Crippen LogP contribution in [0, 0.1) is 16.7 Å². The fourth-order valence-corrected chi connectivity index (χ4v) is 10.5. The number of nitrogens with one attached hydrogen (secondary N) is 1. The van der Waals surface area contributed by atoms with Gasteiger partial charge in [0.1, 0.15) is 30.0 Å². The van der Waals surface area contributed by atoms with Crippen LogP contribution in [0.5, 0.6) is 0 Å². The van der Waals surface area contributed by atoms with Crippen molar-refractivity contribution in [1.29, 1.82) is 0 Å². The van der Waals surface area contributed by atoms with Gasteiger partial charge in [0.25, 0.3) is 5.91 Å². The number of hydrogen-bond acceptors (Lipinski definition) is 15. The average Bonchev–Trinajstić information content (AvgIpc) is 3.26. The number of aliphatic hydroxyl groups is 2. The molecule has 0 unspecified atom stereocenters. The normalized spacial score (nSPS) is 30.8. The highest BCUT2D eigenvalue weighted by molar-refractivity contribution is 5.96. The summed E-state index contributed by atoms with van der Waals surface area (Å²) in [6, 6.07) is 22.9. The Morgan fingerprint density at radius 2 is 1.37 bits per heavy atom. The molecule has 2 bridgehead atoms. The summed E-state index contributed by atoms with van der Waals surface area (Å²) in [7, 11) is 0. The zero-order valence-corrected chi connectivity index (χ0v) is 37.1. The Balaban J connectivity index is 1.42. The van der Waals surface area contributed by atoms with E-state index in [2.05, 4.69) is 5.32 Å². The minimum absolute atomic E-state index is 0.0218. The van der Waals surface area contributed by atoms with Gasteiger partial charge in [-0.3, -0.25) is 24.0 Å². The first-order valence-corrected chi connectivity index (χ1v) is 21.4. The largest absolute Gasteiger partial charge is 0.455 e. The molecule has 4 aliphatic rings. The Bertz CT molecular complexity index is 2400. The third kappa shape index (κ3) is 8.12. The van der Waals surface area contributed by atoms with Crippen molar-refractivity contribution in [3.63, 3.8) is 0 Å². The van der Waals surface area contributed by atoms with E-state index >= 15 is 4.79 Å². The molecule has 3 aromatic rings. The van der Waals surface area contributed by atoms with Crippen molar-refractivity contribution < 1.29 is 72.2 Å². The molecule has 3 aromatic carbocycles. The number of amides is 1. The van der Waals surface area contributed by atoms with Crippen LogP contribution in [0.4, 0.5) is 0 Å². The third-order valence-electron chi connectivity index (χ3n) is 13.8. The first-order chi connectivity index (χ1) is 30.7. The molecule has 16 nitrogen and oxygen atoms in total. The molecule has 3 aliphatic carbocycles. The van der Waals surface area contributed by atoms with Crippen molar-refractivity contribution in [2.24, 2.45) is 16.7 Å². The summed E-state index contributed by atoms with van der Waals surface area (Å²) in [5.74, 6) is -7.79. The molecular weight excluding hydrogens is 848 g/mol. The third-order valence-corrected chi connectivity index (χ3v) is 13.8. The number of ether oxygens (including phenoxy) is 6. The van der Waals surface area contributed by atoms with E-state index in [4.69, 9.17) is 28.4 Å². The molecule has 0 aromatic heterocycles. The van der Waals surface area contributed by atoms with Gasteiger partial charge in [0.2, 0.25) is 6.10 Å². The number of Topliss-reactive ketones (excluding diaryl/α,β-unsaturated/α-hetero) is 1. The summed E-state index contributed by atoms with van der Waals surface area (Å²) in [5.41, 5.74) is -7.20. The molecule has 7 rings (SSSR count). The Hall–Kier alpha value is -6.23. The van der Waals surface area contributed by atoms with Crippen LogP contribution in [0.3, 0.4) is 0 Å². The van der Waals surface area contributed by atoms with E-state index in [9.17, 15) is 39.0 Å². The maximum Gasteiger partial charge on any atom is 0.350 e. The molecular formula is C49H53NO15. The molecule has 1 amide bonds. The van der Waals surface area contributed by atoms with Crippen LogP contribution in [0.25, 0.3) is 0 Å². The molecule has 0 spiro atoms. The van der Waals surface area contributed by atoms with E-state index < -0.39 is 119 Å². The lowest BCUT2D eigenvalue weighted by molar-refractivity contribution is -0.346. The Labute approximate surface area is 375 Å². The van der Waals surface area contributed by atoms with E-state index in [0.29, 0.717) is 5.56 Å². The van der Waals surface area contributed by atoms with Crippen LogP contribution in [-0.4, -0.2) is 106 Å². The molecule has 1 aliphatic heterocycles. The van der Waals surface area contributed by atoms with Crippen LogP contribution >= 0.6 is 0 Å². The number of rotatable bonds is 11. The number of carbonyl (C=O) groups is 7. The van der Waals surface area contributed by atoms with E-state index in [-0.39, 0.29) is 35.3 Å². The van der Waals surface area contributed by atoms with Crippen molar-refractivity contribution in [2.45, 2.75) is 115 Å². The lowest BCUT2D eigenvalue weighted by Gasteiger charge is -2.67. The van der Waals surface area contributed by atoms with E-state index in [1.165, 1.54) is 26.0 Å². The molecule has 3 N–H and O–H groups in total. The number of aliphatic hydroxyl groups excluding tert-OH is 1. The topological polar surface area (TPSA) is 227 Å². The zero-order valence-electron chi connectivity index (χ0n) is 37.1. The van der Waals surface area contributed by atoms with Crippen LogP contribution in [0.1, 0.15) is 93.6 Å². The lowest BCUT2D eigenvalue weighted by Crippen LogP contribution is -2.82. The Kier molecular flexibility index (Phi) is 12.7. The molecule has 2 saturated carbocycles. The van der Waals surface area contributed by atoms with Gasteiger partial charge in [0.05, 0.1) is 29.6 Å². The zero-order chi connectivity index (χ0) is 47.2. The molecule has 16 heteroatoms. The monoisotopic (exact) mass is 901 g/mol. The fourth-order valence-electron chi connectivity index (χ4n) is 10.5. The number of benzene rings is 3. The first kappa shape index (κ1) is 46.8. The summed E-state index contributed by atoms with van der Waals surface area (Å²) >= 11 is 0. The maximum absolute atomic E-state index is 15.6. The van der Waals surface area contributed by atoms with Gasteiger partial charge in [-0.2, -0.15) is 0 Å². The maximum atomic E-state index is 15.6. The van der Waals surface area contributed by atoms with Gasteiger partial charge < -0.3 is 44.0 Å². The van der Waals surface area contributed by atoms with Gasteiger partial charge >= 0.3 is 29.8 Å². The number of fused-ring (bicyclic) bond motifs is 5. The minimum Gasteiger partial charge on any atom is -0.455 e. The molecule has 344 valence electrons. The molecule has 0 radical (unpaired) electrons. The number of esters is 5. The number of ketones is 1. The van der Waals surface area contributed by atoms with Crippen LogP contribution in [-0.2, 0) is 52.4 Å². The second-order valence-corrected chi connectivity index (χ2v) is 17.9. The summed E-state index contributed by atoms with van der Waals surface area (Å²) < 4.78 is 36.2. The second kappa shape index (κ2) is 17.6. The summed E-state index contributed by atoms with van der Waals surface area (Å²) in [5, 5.41) is 28.7. The Morgan fingerprint density at radius 3 is 1.91 bits per heavy atom. The number of carbonyl (C=O) groups excluding carboxylic acids is 7. The highest BCUT2D eigenvalue weighted by atomic mass is 16.6. The highest BCUT2D eigenvalue weighted by Crippen LogP contribution is 2.64. The first-order valence-electron chi connectivity index (χ1n) is 21.4. The van der Waals surface area contributed by atoms with Crippen molar-refractivity contribution in [2.75, 3.05) is 6.61 Å². The van der Waals surface area contributed by atoms with Crippen molar-refractivity contribution in [1.82, 2.24) is 5.32 Å². The van der Waals surface area contributed by atoms with Gasteiger partial charge in [-0.05, 0) is 54.8 Å². The van der Waals surface area contributed by atoms with Gasteiger partial charge in [0, 0.05) is 44.6 Å². The molecule has 1 saturated heterocycles. The molecule has 1 heterocycles. The van der Waals surface area contributed by atoms with Crippen molar-refractivity contribution >= 4 is 41.5 Å². The predicted molar refractivity (Wildman–Crippen MR) is 227 cm³/mol. The van der Waals surface area contributed by atoms with Crippen LogP contribution < -0.4 is 5.32 Å². The second-order valence-electron chi connectivity index (χ2n) is 17.9. The predicted octanol–water partition coefficient (Wildman–Crippen LogP) is 4.31. The average molecular weight is 902 g/mol. The SMILES string of the molecule is CC(=O)O[C@H]1C(=O)[C@@]2(C)[C@H]([C@H](OC(=O)[13c]3[13cH][13cH][13cH][13cH][13cH]3)[C@]3(O)C[C@H](OC(=O)[C@H](OC(C)=O)[C@@H](NC(=O)c4ccccc4)c4ccccc4)C(C)=C1C3(C)C)[C@]1(OC(C)=O)CO[C@@H]1C[C@@H]2O. The summed E-state index contributed by atoms with van der Waals surface area (Å²) in [4.78, 5) is 97.4. The van der Waals surface area contributed by atoms with E-state index in [0.717, 1.165) is 20.8 Å². The van der Waals surface area contributed by atoms with E-state index in [1.54, 1.807) is 92.7 Å². The standard InChI is InChI=1S/C49H53NO15/c1-26-33(63-45(58)39(62-28(3)52)37(30-17-11-8-12-18-30)50-43(56)31-19-13-9-14-20-31)24-49(59)42(64-44(57)32-21-15-10-16-22-32)40-47(7,34(54)23-35-48(40,25-60-35)65-29(4)53)41(55)38(61-27(2)51)36(26)46(49,5)6/h8-22,33-35,37-40,42,54,59H,23-25H2,1-7H3,(H,50,56)/t33-,34-,35+,37-,38+,39+,40-,42-,47+,48-,49+/m0/s1/i10+1,15+1,16+1,21+1,22+1,32+1. The highest BCUT2D eigenvalue weighted by Gasteiger charge is 2.78. The van der Waals surface area contributed by atoms with E-state index in [1.807, 2.05) is 0 Å². The summed E-state index contributed by atoms with van der Waals surface area (Å²) in [6.07, 6.45) is -10.5. The Morgan fingerprint density at radius 1 is 0.785 bits per heavy atom. The quantitative estimate of drug-likeness (QED) is 0.139. The van der Waals surface area contributed by atoms with Crippen LogP contribution in [0.15, 0.2) is 102 Å². The fraction of sp³-hybridized carbons (Fsp3) is 0.449. The van der Waals surface area contributed by atoms with Gasteiger partial charge in [0.15, 0.2) is 17.5 Å². The minimum atomic E-state index is -2.43. The van der Waals surface area contributed by atoms with Gasteiger partial charge in [-0.1, -0.05) is 80.6 Å². The molecule has 3 fully saturated rings. The smallest absolute Gasteiger partial charge is 0.350 e. The summed E-state index contributed by atoms with van der Waals surface area (Å²) in [6.45, 7) is 8.99. The van der Waals surface area contributed by atoms with Gasteiger partial charge in [-0.15, -0.1) is 0 Å². The molecule has 11 atom stereocenters. The van der Waals surface area contributed by atoms with Crippen molar-refractivity contribution in [3.8, 4) is 0 Å². The van der Waals surface area contributed by atoms with Crippen molar-refractivity contribution in [3.05, 3.63) is 119 Å². The lowest BCUT2D eigenvalue weighted by atomic mass is 9.44.